The van der Waals surface area contributed by atoms with Gasteiger partial charge in [0.1, 0.15) is 0 Å². The van der Waals surface area contributed by atoms with Gasteiger partial charge in [-0.2, -0.15) is 13.2 Å². The molecule has 0 atom stereocenters. The third-order valence-corrected chi connectivity index (χ3v) is 2.80. The summed E-state index contributed by atoms with van der Waals surface area (Å²) in [7, 11) is 0. The molecule has 0 aliphatic rings. The third kappa shape index (κ3) is 3.50. The van der Waals surface area contributed by atoms with Crippen molar-refractivity contribution in [3.63, 3.8) is 0 Å². The maximum Gasteiger partial charge on any atom is 0.433 e. The Balaban J connectivity index is 2.16. The maximum absolute atomic E-state index is 12.4. The molecule has 102 valence electrons. The van der Waals surface area contributed by atoms with Crippen LogP contribution in [0.25, 0.3) is 0 Å². The van der Waals surface area contributed by atoms with Gasteiger partial charge in [0.25, 0.3) is 11.4 Å². The lowest BCUT2D eigenvalue weighted by Crippen LogP contribution is -2.16. The maximum atomic E-state index is 12.4. The van der Waals surface area contributed by atoms with Crippen LogP contribution in [0.15, 0.2) is 26.6 Å². The van der Waals surface area contributed by atoms with Crippen molar-refractivity contribution in [1.29, 1.82) is 0 Å². The molecule has 19 heavy (non-hydrogen) atoms. The minimum absolute atomic E-state index is 0.0673. The van der Waals surface area contributed by atoms with Gasteiger partial charge in [-0.15, -0.1) is 0 Å². The van der Waals surface area contributed by atoms with Gasteiger partial charge in [-0.3, -0.25) is 4.79 Å². The second kappa shape index (κ2) is 4.96. The average molecular weight is 293 g/mol. The zero-order valence-corrected chi connectivity index (χ0v) is 9.88. The lowest BCUT2D eigenvalue weighted by atomic mass is 10.4. The van der Waals surface area contributed by atoms with Crippen LogP contribution in [-0.2, 0) is 11.9 Å². The van der Waals surface area contributed by atoms with E-state index in [0.717, 1.165) is 11.8 Å². The number of nitrogens with one attached hydrogen (secondary N) is 1. The second-order valence-electron chi connectivity index (χ2n) is 3.37. The predicted molar refractivity (Wildman–Crippen MR) is 57.6 cm³/mol. The number of alkyl halides is 3. The van der Waals surface area contributed by atoms with Crippen molar-refractivity contribution in [3.05, 3.63) is 33.9 Å². The minimum Gasteiger partial charge on any atom is -0.491 e. The summed E-state index contributed by atoms with van der Waals surface area (Å²) >= 11 is 0.820. The second-order valence-corrected chi connectivity index (χ2v) is 4.34. The molecule has 2 N–H and O–H groups in total. The molecule has 0 saturated carbocycles. The lowest BCUT2D eigenvalue weighted by Gasteiger charge is -2.06. The average Bonchev–Trinajstić information content (AvgIpc) is 2.71. The smallest absolute Gasteiger partial charge is 0.433 e. The van der Waals surface area contributed by atoms with Crippen LogP contribution in [0.3, 0.4) is 0 Å². The van der Waals surface area contributed by atoms with Crippen LogP contribution in [0.2, 0.25) is 0 Å². The van der Waals surface area contributed by atoms with Gasteiger partial charge in [0.15, 0.2) is 16.6 Å². The van der Waals surface area contributed by atoms with E-state index < -0.39 is 17.4 Å². The van der Waals surface area contributed by atoms with E-state index in [4.69, 9.17) is 5.11 Å². The Morgan fingerprint density at radius 3 is 2.74 bits per heavy atom. The van der Waals surface area contributed by atoms with Gasteiger partial charge in [-0.1, -0.05) is 11.8 Å². The van der Waals surface area contributed by atoms with Crippen LogP contribution in [0.4, 0.5) is 13.2 Å². The fourth-order valence-electron chi connectivity index (χ4n) is 1.16. The Labute approximate surface area is 107 Å². The molecule has 0 fully saturated rings. The Hall–Kier alpha value is -1.97. The van der Waals surface area contributed by atoms with Crippen LogP contribution >= 0.6 is 11.8 Å². The van der Waals surface area contributed by atoms with Crippen LogP contribution in [0.1, 0.15) is 11.5 Å². The van der Waals surface area contributed by atoms with E-state index in [1.165, 1.54) is 6.07 Å². The molecule has 2 rings (SSSR count). The number of hydrogen-bond acceptors (Lipinski definition) is 6. The molecule has 0 saturated heterocycles. The molecule has 2 heterocycles. The van der Waals surface area contributed by atoms with Crippen LogP contribution in [0, 0.1) is 0 Å². The normalized spacial score (nSPS) is 11.7. The number of aromatic hydroxyl groups is 1. The van der Waals surface area contributed by atoms with E-state index in [2.05, 4.69) is 19.6 Å². The highest BCUT2D eigenvalue weighted by molar-refractivity contribution is 7.98. The summed E-state index contributed by atoms with van der Waals surface area (Å²) in [4.78, 5) is 16.5. The molecule has 2 aromatic rings. The highest BCUT2D eigenvalue weighted by atomic mass is 32.2. The first-order valence-corrected chi connectivity index (χ1v) is 5.79. The summed E-state index contributed by atoms with van der Waals surface area (Å²) in [5, 5.41) is 11.9. The van der Waals surface area contributed by atoms with Gasteiger partial charge in [0.2, 0.25) is 0 Å². The summed E-state index contributed by atoms with van der Waals surface area (Å²) in [6.45, 7) is 0. The number of aromatic nitrogens is 3. The SMILES string of the molecule is O=c1cc(C(F)(F)F)nc(SCc2cc(O)no2)[nH]1. The van der Waals surface area contributed by atoms with Crippen LogP contribution < -0.4 is 5.56 Å². The topological polar surface area (TPSA) is 92.0 Å². The molecule has 6 nitrogen and oxygen atoms in total. The monoisotopic (exact) mass is 293 g/mol. The zero-order chi connectivity index (χ0) is 14.0. The van der Waals surface area contributed by atoms with Crippen molar-refractivity contribution in [2.24, 2.45) is 0 Å². The molecule has 0 aliphatic heterocycles. The first-order chi connectivity index (χ1) is 8.84. The summed E-state index contributed by atoms with van der Waals surface area (Å²) in [6.07, 6.45) is -4.69. The number of rotatable bonds is 3. The Kier molecular flexibility index (Phi) is 3.51. The van der Waals surface area contributed by atoms with Crippen molar-refractivity contribution < 1.29 is 22.8 Å². The minimum atomic E-state index is -4.69. The van der Waals surface area contributed by atoms with Crippen molar-refractivity contribution >= 4 is 11.8 Å². The number of halogens is 3. The van der Waals surface area contributed by atoms with Crippen molar-refractivity contribution in [2.75, 3.05) is 0 Å². The molecular formula is C9H6F3N3O3S. The van der Waals surface area contributed by atoms with E-state index in [-0.39, 0.29) is 22.5 Å². The summed E-state index contributed by atoms with van der Waals surface area (Å²) in [6, 6.07) is 1.59. The Morgan fingerprint density at radius 1 is 1.42 bits per heavy atom. The van der Waals surface area contributed by atoms with Crippen LogP contribution in [0.5, 0.6) is 5.88 Å². The molecular weight excluding hydrogens is 287 g/mol. The number of thioether (sulfide) groups is 1. The van der Waals surface area contributed by atoms with Crippen molar-refractivity contribution in [1.82, 2.24) is 15.1 Å². The number of H-pyrrole nitrogens is 1. The summed E-state index contributed by atoms with van der Waals surface area (Å²) in [5.41, 5.74) is -2.16. The number of nitrogens with zero attached hydrogens (tertiary/aromatic N) is 2. The van der Waals surface area contributed by atoms with E-state index in [0.29, 0.717) is 6.07 Å². The van der Waals surface area contributed by atoms with E-state index in [1.54, 1.807) is 0 Å². The molecule has 0 unspecified atom stereocenters. The summed E-state index contributed by atoms with van der Waals surface area (Å²) in [5.74, 6) is -0.0266. The Morgan fingerprint density at radius 2 is 2.16 bits per heavy atom. The highest BCUT2D eigenvalue weighted by Gasteiger charge is 2.33. The molecule has 0 aromatic carbocycles. The predicted octanol–water partition coefficient (Wildman–Crippen LogP) is 1.77. The van der Waals surface area contributed by atoms with E-state index >= 15 is 0 Å². The van der Waals surface area contributed by atoms with Crippen molar-refractivity contribution in [3.8, 4) is 5.88 Å². The van der Waals surface area contributed by atoms with E-state index in [1.807, 2.05) is 0 Å². The molecule has 10 heteroatoms. The van der Waals surface area contributed by atoms with Gasteiger partial charge in [0, 0.05) is 12.1 Å². The van der Waals surface area contributed by atoms with Gasteiger partial charge in [-0.05, 0) is 5.16 Å². The first-order valence-electron chi connectivity index (χ1n) is 4.80. The molecule has 0 amide bonds. The van der Waals surface area contributed by atoms with Gasteiger partial charge < -0.3 is 14.6 Å². The van der Waals surface area contributed by atoms with Gasteiger partial charge in [0.05, 0.1) is 5.75 Å². The standard InChI is InChI=1S/C9H6F3N3O3S/c10-9(11,12)5-2-6(16)14-8(13-5)19-3-4-1-7(17)15-18-4/h1-2H,3H2,(H,15,17)(H,13,14,16). The zero-order valence-electron chi connectivity index (χ0n) is 9.06. The van der Waals surface area contributed by atoms with Gasteiger partial charge in [-0.25, -0.2) is 4.98 Å². The fourth-order valence-corrected chi connectivity index (χ4v) is 1.91. The van der Waals surface area contributed by atoms with E-state index in [9.17, 15) is 18.0 Å². The summed E-state index contributed by atoms with van der Waals surface area (Å²) < 4.78 is 41.9. The largest absolute Gasteiger partial charge is 0.491 e. The molecule has 0 radical (unpaired) electrons. The number of aromatic amines is 1. The molecule has 0 spiro atoms. The van der Waals surface area contributed by atoms with Crippen LogP contribution in [-0.4, -0.2) is 20.2 Å². The third-order valence-electron chi connectivity index (χ3n) is 1.91. The quantitative estimate of drug-likeness (QED) is 0.662. The first kappa shape index (κ1) is 13.5. The van der Waals surface area contributed by atoms with Crippen molar-refractivity contribution in [2.45, 2.75) is 17.1 Å². The molecule has 0 aliphatic carbocycles. The fraction of sp³-hybridized carbons (Fsp3) is 0.222. The molecule has 2 aromatic heterocycles. The highest BCUT2D eigenvalue weighted by Crippen LogP contribution is 2.28. The lowest BCUT2D eigenvalue weighted by molar-refractivity contribution is -0.141. The number of hydrogen-bond donors (Lipinski definition) is 2. The van der Waals surface area contributed by atoms with Gasteiger partial charge >= 0.3 is 6.18 Å². The molecule has 0 bridgehead atoms. The Bertz CT molecular complexity index is 637.